The lowest BCUT2D eigenvalue weighted by atomic mass is 10.2. The third kappa shape index (κ3) is 3.18. The molecular weight excluding hydrogens is 354 g/mol. The molecule has 0 aliphatic heterocycles. The van der Waals surface area contributed by atoms with Crippen LogP contribution in [0, 0.1) is 11.3 Å². The van der Waals surface area contributed by atoms with Crippen LogP contribution in [0.5, 0.6) is 11.6 Å². The maximum Gasteiger partial charge on any atom is 0.240 e. The summed E-state index contributed by atoms with van der Waals surface area (Å²) in [5, 5.41) is 11.5. The fraction of sp³-hybridized carbons (Fsp3) is 0. The lowest BCUT2D eigenvalue weighted by Gasteiger charge is -2.08. The maximum atomic E-state index is 8.90. The van der Waals surface area contributed by atoms with E-state index in [-0.39, 0.29) is 0 Å². The number of hydrogen-bond acceptors (Lipinski definition) is 5. The van der Waals surface area contributed by atoms with Gasteiger partial charge < -0.3 is 4.74 Å². The van der Waals surface area contributed by atoms with E-state index in [1.54, 1.807) is 24.3 Å². The van der Waals surface area contributed by atoms with Crippen LogP contribution in [0.2, 0.25) is 5.02 Å². The molecule has 2 heterocycles. The molecule has 4 nitrogen and oxygen atoms in total. The predicted molar refractivity (Wildman–Crippen MR) is 99.1 cm³/mol. The van der Waals surface area contributed by atoms with Crippen LogP contribution in [0.15, 0.2) is 60.0 Å². The number of rotatable bonds is 3. The first-order valence-electron chi connectivity index (χ1n) is 7.42. The molecule has 0 fully saturated rings. The number of halogens is 1. The molecule has 2 aromatic heterocycles. The van der Waals surface area contributed by atoms with Gasteiger partial charge in [-0.15, -0.1) is 11.3 Å². The number of aromatic nitrogens is 2. The Morgan fingerprint density at radius 3 is 2.64 bits per heavy atom. The van der Waals surface area contributed by atoms with Crippen molar-refractivity contribution in [3.05, 3.63) is 70.6 Å². The van der Waals surface area contributed by atoms with Crippen molar-refractivity contribution in [2.75, 3.05) is 0 Å². The molecule has 0 N–H and O–H groups in total. The SMILES string of the molecule is N#Cc1ccc(Oc2nc(-c3cccc(Cl)c3)nc3ccsc23)cc1. The number of fused-ring (bicyclic) bond motifs is 1. The lowest BCUT2D eigenvalue weighted by molar-refractivity contribution is 0.470. The van der Waals surface area contributed by atoms with Gasteiger partial charge in [-0.25, -0.2) is 4.98 Å². The minimum Gasteiger partial charge on any atom is -0.437 e. The fourth-order valence-electron chi connectivity index (χ4n) is 2.37. The minimum absolute atomic E-state index is 0.486. The molecule has 0 amide bonds. The second-order valence-electron chi connectivity index (χ2n) is 5.24. The highest BCUT2D eigenvalue weighted by Crippen LogP contribution is 2.33. The normalized spacial score (nSPS) is 10.6. The molecular formula is C19H10ClN3OS. The van der Waals surface area contributed by atoms with Gasteiger partial charge in [-0.3, -0.25) is 0 Å². The Morgan fingerprint density at radius 2 is 1.88 bits per heavy atom. The topological polar surface area (TPSA) is 58.8 Å². The molecule has 0 atom stereocenters. The maximum absolute atomic E-state index is 8.90. The van der Waals surface area contributed by atoms with E-state index < -0.39 is 0 Å². The van der Waals surface area contributed by atoms with Gasteiger partial charge in [0.1, 0.15) is 10.4 Å². The Kier molecular flexibility index (Phi) is 4.06. The van der Waals surface area contributed by atoms with E-state index in [1.165, 1.54) is 11.3 Å². The van der Waals surface area contributed by atoms with Crippen LogP contribution < -0.4 is 4.74 Å². The number of benzene rings is 2. The van der Waals surface area contributed by atoms with E-state index in [0.29, 0.717) is 28.0 Å². The largest absolute Gasteiger partial charge is 0.437 e. The monoisotopic (exact) mass is 363 g/mol. The summed E-state index contributed by atoms with van der Waals surface area (Å²) >= 11 is 7.60. The zero-order valence-electron chi connectivity index (χ0n) is 12.8. The van der Waals surface area contributed by atoms with E-state index >= 15 is 0 Å². The molecule has 0 unspecified atom stereocenters. The van der Waals surface area contributed by atoms with Gasteiger partial charge in [0, 0.05) is 10.6 Å². The van der Waals surface area contributed by atoms with Crippen LogP contribution in [0.1, 0.15) is 5.56 Å². The average Bonchev–Trinajstić information content (AvgIpc) is 3.11. The van der Waals surface area contributed by atoms with Gasteiger partial charge in [-0.2, -0.15) is 10.2 Å². The molecule has 4 rings (SSSR count). The summed E-state index contributed by atoms with van der Waals surface area (Å²) < 4.78 is 6.83. The van der Waals surface area contributed by atoms with Gasteiger partial charge >= 0.3 is 0 Å². The zero-order chi connectivity index (χ0) is 17.2. The Bertz CT molecular complexity index is 1100. The predicted octanol–water partition coefficient (Wildman–Crippen LogP) is 5.68. The van der Waals surface area contributed by atoms with Crippen molar-refractivity contribution in [1.29, 1.82) is 5.26 Å². The highest BCUT2D eigenvalue weighted by Gasteiger charge is 2.13. The average molecular weight is 364 g/mol. The van der Waals surface area contributed by atoms with Crippen molar-refractivity contribution in [3.8, 4) is 29.1 Å². The summed E-state index contributed by atoms with van der Waals surface area (Å²) in [7, 11) is 0. The van der Waals surface area contributed by atoms with Gasteiger partial charge in [0.15, 0.2) is 5.82 Å². The fourth-order valence-corrected chi connectivity index (χ4v) is 3.32. The molecule has 25 heavy (non-hydrogen) atoms. The third-order valence-corrected chi connectivity index (χ3v) is 4.68. The van der Waals surface area contributed by atoms with Crippen LogP contribution >= 0.6 is 22.9 Å². The molecule has 0 bridgehead atoms. The molecule has 0 saturated carbocycles. The number of nitriles is 1. The smallest absolute Gasteiger partial charge is 0.240 e. The lowest BCUT2D eigenvalue weighted by Crippen LogP contribution is -1.94. The van der Waals surface area contributed by atoms with Gasteiger partial charge in [0.25, 0.3) is 0 Å². The summed E-state index contributed by atoms with van der Waals surface area (Å²) in [4.78, 5) is 9.17. The van der Waals surface area contributed by atoms with Crippen molar-refractivity contribution >= 4 is 33.2 Å². The van der Waals surface area contributed by atoms with E-state index in [0.717, 1.165) is 15.8 Å². The Balaban J connectivity index is 1.79. The van der Waals surface area contributed by atoms with Crippen molar-refractivity contribution < 1.29 is 4.74 Å². The molecule has 2 aromatic carbocycles. The van der Waals surface area contributed by atoms with Crippen LogP contribution in [-0.2, 0) is 0 Å². The number of thiophene rings is 1. The van der Waals surface area contributed by atoms with Crippen LogP contribution in [0.3, 0.4) is 0 Å². The standard InChI is InChI=1S/C19H10ClN3OS/c20-14-3-1-2-13(10-14)18-22-16-8-9-25-17(16)19(23-18)24-15-6-4-12(11-21)5-7-15/h1-10H. The van der Waals surface area contributed by atoms with Gasteiger partial charge in [0.05, 0.1) is 17.1 Å². The second-order valence-corrected chi connectivity index (χ2v) is 6.59. The molecule has 0 spiro atoms. The third-order valence-electron chi connectivity index (χ3n) is 3.55. The molecule has 0 saturated heterocycles. The van der Waals surface area contributed by atoms with Gasteiger partial charge in [-0.1, -0.05) is 23.7 Å². The molecule has 4 aromatic rings. The molecule has 0 aliphatic carbocycles. The van der Waals surface area contributed by atoms with Crippen molar-refractivity contribution in [2.45, 2.75) is 0 Å². The van der Waals surface area contributed by atoms with Crippen molar-refractivity contribution in [3.63, 3.8) is 0 Å². The number of hydrogen-bond donors (Lipinski definition) is 0. The van der Waals surface area contributed by atoms with Crippen LogP contribution in [-0.4, -0.2) is 9.97 Å². The van der Waals surface area contributed by atoms with Crippen molar-refractivity contribution in [1.82, 2.24) is 9.97 Å². The highest BCUT2D eigenvalue weighted by atomic mass is 35.5. The van der Waals surface area contributed by atoms with Crippen LogP contribution in [0.4, 0.5) is 0 Å². The summed E-state index contributed by atoms with van der Waals surface area (Å²) in [5.74, 6) is 1.65. The second kappa shape index (κ2) is 6.52. The van der Waals surface area contributed by atoms with E-state index in [1.807, 2.05) is 35.7 Å². The van der Waals surface area contributed by atoms with E-state index in [9.17, 15) is 0 Å². The Hall–Kier alpha value is -2.94. The summed E-state index contributed by atoms with van der Waals surface area (Å²) in [6.45, 7) is 0. The molecule has 6 heteroatoms. The van der Waals surface area contributed by atoms with Crippen molar-refractivity contribution in [2.24, 2.45) is 0 Å². The first kappa shape index (κ1) is 15.6. The quantitative estimate of drug-likeness (QED) is 0.470. The number of nitrogens with zero attached hydrogens (tertiary/aromatic N) is 3. The Morgan fingerprint density at radius 1 is 1.04 bits per heavy atom. The first-order valence-corrected chi connectivity index (χ1v) is 8.68. The van der Waals surface area contributed by atoms with E-state index in [2.05, 4.69) is 16.0 Å². The summed E-state index contributed by atoms with van der Waals surface area (Å²) in [6.07, 6.45) is 0. The molecule has 0 aliphatic rings. The molecule has 120 valence electrons. The Labute approximate surface area is 152 Å². The molecule has 0 radical (unpaired) electrons. The van der Waals surface area contributed by atoms with Gasteiger partial charge in [-0.05, 0) is 47.8 Å². The van der Waals surface area contributed by atoms with Crippen LogP contribution in [0.25, 0.3) is 21.6 Å². The minimum atomic E-state index is 0.486. The summed E-state index contributed by atoms with van der Waals surface area (Å²) in [6, 6.07) is 18.3. The highest BCUT2D eigenvalue weighted by molar-refractivity contribution is 7.17. The van der Waals surface area contributed by atoms with E-state index in [4.69, 9.17) is 21.6 Å². The van der Waals surface area contributed by atoms with Gasteiger partial charge in [0.2, 0.25) is 5.88 Å². The number of ether oxygens (including phenoxy) is 1. The summed E-state index contributed by atoms with van der Waals surface area (Å²) in [5.41, 5.74) is 2.22. The zero-order valence-corrected chi connectivity index (χ0v) is 14.4. The first-order chi connectivity index (χ1) is 12.2.